The molecule has 9 nitrogen and oxygen atoms in total. The molecule has 0 bridgehead atoms. The highest BCUT2D eigenvalue weighted by atomic mass is 32.1. The van der Waals surface area contributed by atoms with E-state index in [1.807, 2.05) is 11.8 Å². The third-order valence-corrected chi connectivity index (χ3v) is 6.98. The van der Waals surface area contributed by atoms with E-state index < -0.39 is 10.9 Å². The lowest BCUT2D eigenvalue weighted by Gasteiger charge is -2.32. The van der Waals surface area contributed by atoms with E-state index in [1.165, 1.54) is 11.3 Å². The smallest absolute Gasteiger partial charge is 0.253 e. The van der Waals surface area contributed by atoms with Gasteiger partial charge in [-0.3, -0.25) is 14.4 Å². The lowest BCUT2D eigenvalue weighted by Crippen LogP contribution is -2.47. The van der Waals surface area contributed by atoms with Crippen molar-refractivity contribution < 1.29 is 9.53 Å². The van der Waals surface area contributed by atoms with E-state index in [1.54, 1.807) is 0 Å². The minimum atomic E-state index is -0.423. The number of morpholine rings is 1. The van der Waals surface area contributed by atoms with Crippen molar-refractivity contribution in [3.63, 3.8) is 0 Å². The van der Waals surface area contributed by atoms with Gasteiger partial charge < -0.3 is 20.3 Å². The van der Waals surface area contributed by atoms with Crippen LogP contribution in [0, 0.1) is 11.8 Å². The van der Waals surface area contributed by atoms with Crippen LogP contribution < -0.4 is 26.4 Å². The van der Waals surface area contributed by atoms with Crippen LogP contribution in [0.3, 0.4) is 0 Å². The molecule has 0 radical (unpaired) electrons. The summed E-state index contributed by atoms with van der Waals surface area (Å²) in [5, 5.41) is 15.6. The van der Waals surface area contributed by atoms with Crippen molar-refractivity contribution >= 4 is 33.8 Å². The predicted molar refractivity (Wildman–Crippen MR) is 116 cm³/mol. The Labute approximate surface area is 178 Å². The normalized spacial score (nSPS) is 22.2. The minimum Gasteiger partial charge on any atom is -0.380 e. The quantitative estimate of drug-likeness (QED) is 0.630. The molecule has 4 rings (SSSR count). The summed E-state index contributed by atoms with van der Waals surface area (Å²) in [6, 6.07) is 0. The van der Waals surface area contributed by atoms with E-state index in [9.17, 15) is 14.4 Å². The molecule has 30 heavy (non-hydrogen) atoms. The maximum Gasteiger partial charge on any atom is 0.253 e. The highest BCUT2D eigenvalue weighted by Crippen LogP contribution is 2.31. The van der Waals surface area contributed by atoms with E-state index in [2.05, 4.69) is 20.8 Å². The maximum atomic E-state index is 12.5. The molecule has 1 aliphatic carbocycles. The Balaban J connectivity index is 1.25. The number of nitrogens with zero attached hydrogens (tertiary/aromatic N) is 3. The Morgan fingerprint density at radius 3 is 2.53 bits per heavy atom. The molecule has 10 heteroatoms. The number of aromatic nitrogens is 2. The Kier molecular flexibility index (Phi) is 6.43. The van der Waals surface area contributed by atoms with Gasteiger partial charge in [-0.2, -0.15) is 0 Å². The largest absolute Gasteiger partial charge is 0.380 e. The zero-order valence-corrected chi connectivity index (χ0v) is 17.9. The Morgan fingerprint density at radius 1 is 1.13 bits per heavy atom. The fraction of sp³-hybridized carbons (Fsp3) is 0.650. The Hall–Kier alpha value is -2.33. The molecule has 2 aliphatic rings. The summed E-state index contributed by atoms with van der Waals surface area (Å²) >= 11 is 1.42. The summed E-state index contributed by atoms with van der Waals surface area (Å²) in [7, 11) is 0. The van der Waals surface area contributed by atoms with Crippen LogP contribution >= 0.6 is 11.3 Å². The highest BCUT2D eigenvalue weighted by molar-refractivity contribution is 7.15. The van der Waals surface area contributed by atoms with Gasteiger partial charge in [-0.1, -0.05) is 18.3 Å². The van der Waals surface area contributed by atoms with Crippen LogP contribution in [-0.4, -0.2) is 49.0 Å². The lowest BCUT2D eigenvalue weighted by atomic mass is 9.81. The van der Waals surface area contributed by atoms with Crippen LogP contribution in [0.15, 0.2) is 9.59 Å². The van der Waals surface area contributed by atoms with Crippen molar-refractivity contribution in [2.45, 2.75) is 39.0 Å². The van der Waals surface area contributed by atoms with Crippen molar-refractivity contribution in [1.82, 2.24) is 10.2 Å². The number of amides is 1. The SMILES string of the molecule is CCc1nnc(NC(=O)C2CCC(CNc3c(N4CCOCC4)c(=O)c3=O)CC2)s1. The van der Waals surface area contributed by atoms with Crippen LogP contribution in [0.2, 0.25) is 0 Å². The average molecular weight is 434 g/mol. The molecule has 1 aromatic heterocycles. The monoisotopic (exact) mass is 433 g/mol. The number of hydrogen-bond donors (Lipinski definition) is 2. The second-order valence-electron chi connectivity index (χ2n) is 7.92. The molecular formula is C20H27N5O4S. The first kappa shape index (κ1) is 20.9. The van der Waals surface area contributed by atoms with Gasteiger partial charge in [0.2, 0.25) is 11.0 Å². The van der Waals surface area contributed by atoms with E-state index in [0.717, 1.165) is 37.1 Å². The standard InChI is InChI=1S/C20H27N5O4S/c1-2-14-23-24-20(30-14)22-19(28)13-5-3-12(4-6-13)11-21-15-16(18(27)17(15)26)25-7-9-29-10-8-25/h12-13,21H,2-11H2,1H3,(H,22,24,28). The van der Waals surface area contributed by atoms with Gasteiger partial charge >= 0.3 is 0 Å². The van der Waals surface area contributed by atoms with Crippen LogP contribution in [0.1, 0.15) is 37.6 Å². The van der Waals surface area contributed by atoms with Gasteiger partial charge in [-0.25, -0.2) is 0 Å². The van der Waals surface area contributed by atoms with Gasteiger partial charge in [0.15, 0.2) is 0 Å². The second kappa shape index (κ2) is 9.22. The molecular weight excluding hydrogens is 406 g/mol. The van der Waals surface area contributed by atoms with Gasteiger partial charge in [-0.15, -0.1) is 10.2 Å². The minimum absolute atomic E-state index is 0.0114. The van der Waals surface area contributed by atoms with Gasteiger partial charge in [0.05, 0.1) is 13.2 Å². The summed E-state index contributed by atoms with van der Waals surface area (Å²) in [6.45, 7) is 5.06. The first-order valence-electron chi connectivity index (χ1n) is 10.6. The summed E-state index contributed by atoms with van der Waals surface area (Å²) in [5.74, 6) is 0.367. The number of nitrogens with one attached hydrogen (secondary N) is 2. The molecule has 1 saturated heterocycles. The molecule has 0 atom stereocenters. The van der Waals surface area contributed by atoms with Gasteiger partial charge in [0.25, 0.3) is 10.9 Å². The molecule has 2 fully saturated rings. The first-order chi connectivity index (χ1) is 14.6. The Bertz CT molecular complexity index is 953. The first-order valence-corrected chi connectivity index (χ1v) is 11.4. The molecule has 2 N–H and O–H groups in total. The van der Waals surface area contributed by atoms with Crippen LogP contribution in [0.5, 0.6) is 0 Å². The fourth-order valence-electron chi connectivity index (χ4n) is 4.16. The summed E-state index contributed by atoms with van der Waals surface area (Å²) in [5.41, 5.74) is 0.139. The molecule has 1 amide bonds. The topological polar surface area (TPSA) is 114 Å². The van der Waals surface area contributed by atoms with Crippen molar-refractivity contribution in [1.29, 1.82) is 0 Å². The fourth-order valence-corrected chi connectivity index (χ4v) is 4.84. The molecule has 1 saturated carbocycles. The third-order valence-electron chi connectivity index (χ3n) is 6.00. The zero-order chi connectivity index (χ0) is 21.1. The molecule has 0 spiro atoms. The van der Waals surface area contributed by atoms with E-state index >= 15 is 0 Å². The molecule has 2 aromatic rings. The number of rotatable bonds is 7. The lowest BCUT2D eigenvalue weighted by molar-refractivity contribution is -0.121. The van der Waals surface area contributed by atoms with E-state index in [-0.39, 0.29) is 11.8 Å². The summed E-state index contributed by atoms with van der Waals surface area (Å²) in [6.07, 6.45) is 4.23. The highest BCUT2D eigenvalue weighted by Gasteiger charge is 2.30. The number of ether oxygens (including phenoxy) is 1. The molecule has 2 heterocycles. The number of anilines is 3. The molecule has 1 aliphatic heterocycles. The summed E-state index contributed by atoms with van der Waals surface area (Å²) in [4.78, 5) is 38.5. The second-order valence-corrected chi connectivity index (χ2v) is 8.99. The van der Waals surface area contributed by atoms with Gasteiger partial charge in [0, 0.05) is 25.6 Å². The number of carbonyl (C=O) groups is 1. The zero-order valence-electron chi connectivity index (χ0n) is 17.1. The van der Waals surface area contributed by atoms with Crippen LogP contribution in [0.25, 0.3) is 0 Å². The van der Waals surface area contributed by atoms with Crippen LogP contribution in [0.4, 0.5) is 16.5 Å². The molecule has 0 unspecified atom stereocenters. The third kappa shape index (κ3) is 4.39. The van der Waals surface area contributed by atoms with Crippen molar-refractivity contribution in [3.8, 4) is 0 Å². The van der Waals surface area contributed by atoms with Crippen molar-refractivity contribution in [2.24, 2.45) is 11.8 Å². The summed E-state index contributed by atoms with van der Waals surface area (Å²) < 4.78 is 5.32. The van der Waals surface area contributed by atoms with E-state index in [4.69, 9.17) is 4.74 Å². The number of hydrogen-bond acceptors (Lipinski definition) is 9. The van der Waals surface area contributed by atoms with Gasteiger partial charge in [0.1, 0.15) is 16.4 Å². The van der Waals surface area contributed by atoms with Crippen molar-refractivity contribution in [2.75, 3.05) is 48.4 Å². The van der Waals surface area contributed by atoms with E-state index in [0.29, 0.717) is 55.3 Å². The molecule has 162 valence electrons. The average Bonchev–Trinajstić information content (AvgIpc) is 3.24. The predicted octanol–water partition coefficient (Wildman–Crippen LogP) is 1.39. The van der Waals surface area contributed by atoms with Crippen molar-refractivity contribution in [3.05, 3.63) is 25.5 Å². The molecule has 1 aromatic carbocycles. The van der Waals surface area contributed by atoms with Gasteiger partial charge in [-0.05, 0) is 38.0 Å². The number of carbonyl (C=O) groups excluding carboxylic acids is 1. The maximum absolute atomic E-state index is 12.5. The Morgan fingerprint density at radius 2 is 1.87 bits per heavy atom. The van der Waals surface area contributed by atoms with Crippen LogP contribution in [-0.2, 0) is 16.0 Å². The number of aryl methyl sites for hydroxylation is 1.